The number of hydrogen-bond donors (Lipinski definition) is 0. The molecule has 64 valence electrons. The van der Waals surface area contributed by atoms with Gasteiger partial charge < -0.3 is 3.88 Å². The highest BCUT2D eigenvalue weighted by atomic mass is 27.2. The topological polar surface area (TPSA) is 3.24 Å². The van der Waals surface area contributed by atoms with Gasteiger partial charge >= 0.3 is 14.4 Å². The van der Waals surface area contributed by atoms with Gasteiger partial charge in [-0.25, -0.2) is 0 Å². The lowest BCUT2D eigenvalue weighted by atomic mass is 10.2. The third kappa shape index (κ3) is 2.78. The van der Waals surface area contributed by atoms with Crippen LogP contribution in [0.3, 0.4) is 0 Å². The number of hydrogen-bond acceptors (Lipinski definition) is 1. The van der Waals surface area contributed by atoms with Crippen molar-refractivity contribution in [3.05, 3.63) is 0 Å². The van der Waals surface area contributed by atoms with E-state index >= 15 is 0 Å². The SMILES string of the molecule is C[CH2][Al]([CH2]C)[N]1CCCCC1. The van der Waals surface area contributed by atoms with E-state index in [4.69, 9.17) is 0 Å². The summed E-state index contributed by atoms with van der Waals surface area (Å²) in [6.07, 6.45) is 4.40. The molecule has 0 aliphatic carbocycles. The molecule has 0 aromatic carbocycles. The summed E-state index contributed by atoms with van der Waals surface area (Å²) < 4.78 is 2.81. The molecule has 0 N–H and O–H groups in total. The lowest BCUT2D eigenvalue weighted by Gasteiger charge is -2.31. The molecule has 2 heteroatoms. The van der Waals surface area contributed by atoms with Crippen molar-refractivity contribution in [3.8, 4) is 0 Å². The summed E-state index contributed by atoms with van der Waals surface area (Å²) >= 11 is -0.440. The Bertz CT molecular complexity index is 95.7. The molecule has 1 heterocycles. The van der Waals surface area contributed by atoms with E-state index in [1.165, 1.54) is 42.9 Å². The minimum Gasteiger partial charge on any atom is -0.385 e. The van der Waals surface area contributed by atoms with Crippen LogP contribution in [0.4, 0.5) is 0 Å². The summed E-state index contributed by atoms with van der Waals surface area (Å²) in [7, 11) is 0. The molecular weight excluding hydrogens is 149 g/mol. The largest absolute Gasteiger partial charge is 0.385 e. The molecular formula is C9H20AlN. The van der Waals surface area contributed by atoms with E-state index in [0.29, 0.717) is 0 Å². The van der Waals surface area contributed by atoms with Crippen LogP contribution in [-0.2, 0) is 0 Å². The molecule has 1 rings (SSSR count). The normalized spacial score (nSPS) is 20.2. The van der Waals surface area contributed by atoms with Crippen molar-refractivity contribution in [1.82, 2.24) is 3.88 Å². The Hall–Kier alpha value is 0.492. The molecule has 0 spiro atoms. The highest BCUT2D eigenvalue weighted by Gasteiger charge is 2.23. The van der Waals surface area contributed by atoms with Gasteiger partial charge in [0.15, 0.2) is 0 Å². The Labute approximate surface area is 75.4 Å². The molecule has 1 aliphatic rings. The molecule has 0 unspecified atom stereocenters. The fourth-order valence-corrected chi connectivity index (χ4v) is 4.79. The second-order valence-corrected chi connectivity index (χ2v) is 7.24. The average molecular weight is 169 g/mol. The van der Waals surface area contributed by atoms with E-state index in [-0.39, 0.29) is 0 Å². The van der Waals surface area contributed by atoms with E-state index in [1.54, 1.807) is 0 Å². The monoisotopic (exact) mass is 169 g/mol. The molecule has 1 aliphatic heterocycles. The van der Waals surface area contributed by atoms with Gasteiger partial charge in [-0.3, -0.25) is 0 Å². The zero-order chi connectivity index (χ0) is 8.10. The van der Waals surface area contributed by atoms with Gasteiger partial charge in [0.2, 0.25) is 0 Å². The maximum absolute atomic E-state index is 2.81. The Balaban J connectivity index is 2.30. The van der Waals surface area contributed by atoms with Crippen molar-refractivity contribution in [2.24, 2.45) is 0 Å². The van der Waals surface area contributed by atoms with Crippen molar-refractivity contribution < 1.29 is 0 Å². The van der Waals surface area contributed by atoms with Gasteiger partial charge in [-0.1, -0.05) is 30.8 Å². The summed E-state index contributed by atoms with van der Waals surface area (Å²) in [6.45, 7) is 7.57. The summed E-state index contributed by atoms with van der Waals surface area (Å²) in [6, 6.07) is 0. The highest BCUT2D eigenvalue weighted by Crippen LogP contribution is 2.14. The van der Waals surface area contributed by atoms with Gasteiger partial charge in [-0.05, 0) is 25.9 Å². The van der Waals surface area contributed by atoms with Gasteiger partial charge in [-0.15, -0.1) is 0 Å². The molecule has 0 aromatic heterocycles. The molecule has 0 saturated carbocycles. The molecule has 11 heavy (non-hydrogen) atoms. The molecule has 0 amide bonds. The van der Waals surface area contributed by atoms with Crippen LogP contribution in [0.25, 0.3) is 0 Å². The second-order valence-electron chi connectivity index (χ2n) is 3.57. The Morgan fingerprint density at radius 1 is 1.00 bits per heavy atom. The van der Waals surface area contributed by atoms with Crippen LogP contribution in [-0.4, -0.2) is 31.3 Å². The van der Waals surface area contributed by atoms with Crippen LogP contribution in [0.15, 0.2) is 0 Å². The van der Waals surface area contributed by atoms with Crippen molar-refractivity contribution in [2.45, 2.75) is 43.7 Å². The fourth-order valence-electron chi connectivity index (χ4n) is 2.09. The molecule has 0 radical (unpaired) electrons. The van der Waals surface area contributed by atoms with Crippen molar-refractivity contribution in [2.75, 3.05) is 13.1 Å². The summed E-state index contributed by atoms with van der Waals surface area (Å²) in [5.41, 5.74) is 0. The van der Waals surface area contributed by atoms with Crippen LogP contribution < -0.4 is 0 Å². The van der Waals surface area contributed by atoms with Gasteiger partial charge in [-0.2, -0.15) is 0 Å². The molecule has 1 saturated heterocycles. The Kier molecular flexibility index (Phi) is 4.52. The summed E-state index contributed by atoms with van der Waals surface area (Å²) in [4.78, 5) is 0. The van der Waals surface area contributed by atoms with E-state index in [1.807, 2.05) is 0 Å². The van der Waals surface area contributed by atoms with Crippen LogP contribution in [0.2, 0.25) is 10.6 Å². The third-order valence-corrected chi connectivity index (χ3v) is 6.28. The smallest absolute Gasteiger partial charge is 0.372 e. The number of rotatable bonds is 3. The van der Waals surface area contributed by atoms with Crippen molar-refractivity contribution >= 4 is 14.4 Å². The number of piperidine rings is 1. The van der Waals surface area contributed by atoms with Gasteiger partial charge in [0.25, 0.3) is 0 Å². The predicted octanol–water partition coefficient (Wildman–Crippen LogP) is 2.50. The lowest BCUT2D eigenvalue weighted by molar-refractivity contribution is 0.350. The van der Waals surface area contributed by atoms with Crippen molar-refractivity contribution in [1.29, 1.82) is 0 Å². The molecule has 1 fully saturated rings. The van der Waals surface area contributed by atoms with Crippen LogP contribution in [0, 0.1) is 0 Å². The maximum Gasteiger partial charge on any atom is 0.372 e. The third-order valence-electron chi connectivity index (χ3n) is 2.85. The summed E-state index contributed by atoms with van der Waals surface area (Å²) in [5, 5.41) is 2.94. The second kappa shape index (κ2) is 5.19. The fraction of sp³-hybridized carbons (Fsp3) is 1.00. The zero-order valence-corrected chi connectivity index (χ0v) is 9.13. The molecule has 1 nitrogen and oxygen atoms in total. The Morgan fingerprint density at radius 3 is 2.00 bits per heavy atom. The van der Waals surface area contributed by atoms with E-state index in [9.17, 15) is 0 Å². The standard InChI is InChI=1S/C5H10N.2C2H5.Al/c1-2-4-6-5-3-1;2*1-2;/h1-5H2;2*1H2,2H3;/q-1;;;+1. The Morgan fingerprint density at radius 2 is 1.55 bits per heavy atom. The van der Waals surface area contributed by atoms with Gasteiger partial charge in [0.05, 0.1) is 0 Å². The highest BCUT2D eigenvalue weighted by molar-refractivity contribution is 6.55. The first-order valence-electron chi connectivity index (χ1n) is 5.12. The average Bonchev–Trinajstić information content (AvgIpc) is 2.09. The van der Waals surface area contributed by atoms with Gasteiger partial charge in [0, 0.05) is 0 Å². The maximum atomic E-state index is 2.81. The quantitative estimate of drug-likeness (QED) is 0.587. The van der Waals surface area contributed by atoms with Crippen LogP contribution >= 0.6 is 0 Å². The first-order valence-corrected chi connectivity index (χ1v) is 7.27. The minimum atomic E-state index is -0.440. The van der Waals surface area contributed by atoms with E-state index in [0.717, 1.165) is 0 Å². The zero-order valence-electron chi connectivity index (χ0n) is 7.97. The first-order chi connectivity index (χ1) is 5.38. The van der Waals surface area contributed by atoms with E-state index in [2.05, 4.69) is 17.7 Å². The number of nitrogens with zero attached hydrogens (tertiary/aromatic N) is 1. The van der Waals surface area contributed by atoms with Crippen LogP contribution in [0.1, 0.15) is 33.1 Å². The van der Waals surface area contributed by atoms with Gasteiger partial charge in [0.1, 0.15) is 0 Å². The molecule has 0 bridgehead atoms. The van der Waals surface area contributed by atoms with E-state index < -0.39 is 14.4 Å². The first kappa shape index (κ1) is 9.58. The summed E-state index contributed by atoms with van der Waals surface area (Å²) in [5.74, 6) is 0. The molecule has 0 aromatic rings. The predicted molar refractivity (Wildman–Crippen MR) is 52.1 cm³/mol. The lowest BCUT2D eigenvalue weighted by Crippen LogP contribution is -2.41. The minimum absolute atomic E-state index is 0.440. The van der Waals surface area contributed by atoms with Crippen molar-refractivity contribution in [3.63, 3.8) is 0 Å². The van der Waals surface area contributed by atoms with Crippen LogP contribution in [0.5, 0.6) is 0 Å². The molecule has 0 atom stereocenters.